The molecular weight excluding hydrogens is 223 g/mol. The maximum Gasteiger partial charge on any atom is 0.338 e. The number of rotatable bonds is 2. The van der Waals surface area contributed by atoms with Crippen molar-refractivity contribution < 1.29 is 14.3 Å². The summed E-state index contributed by atoms with van der Waals surface area (Å²) in [5.74, 6) is -1.12. The van der Waals surface area contributed by atoms with Gasteiger partial charge in [-0.1, -0.05) is 0 Å². The maximum atomic E-state index is 14.0. The fourth-order valence-corrected chi connectivity index (χ4v) is 2.98. The van der Waals surface area contributed by atoms with Crippen LogP contribution in [-0.4, -0.2) is 28.6 Å². The van der Waals surface area contributed by atoms with Crippen LogP contribution in [0.1, 0.15) is 29.6 Å². The van der Waals surface area contributed by atoms with Gasteiger partial charge in [0.25, 0.3) is 0 Å². The number of carboxylic acids is 1. The van der Waals surface area contributed by atoms with Gasteiger partial charge >= 0.3 is 5.97 Å². The Morgan fingerprint density at radius 3 is 2.94 bits per heavy atom. The van der Waals surface area contributed by atoms with E-state index >= 15 is 0 Å². The second-order valence-electron chi connectivity index (χ2n) is 4.79. The minimum Gasteiger partial charge on any atom is -0.478 e. The van der Waals surface area contributed by atoms with Gasteiger partial charge in [0.2, 0.25) is 0 Å². The topological polar surface area (TPSA) is 53.4 Å². The molecule has 1 aliphatic carbocycles. The van der Waals surface area contributed by atoms with E-state index in [1.165, 1.54) is 18.7 Å². The fraction of sp³-hybridized carbons (Fsp3) is 0.500. The number of aromatic nitrogens is 1. The van der Waals surface area contributed by atoms with E-state index in [0.717, 1.165) is 19.4 Å². The zero-order valence-corrected chi connectivity index (χ0v) is 9.27. The summed E-state index contributed by atoms with van der Waals surface area (Å²) in [5.41, 5.74) is -0.294. The number of carbonyl (C=O) groups is 1. The molecule has 90 valence electrons. The van der Waals surface area contributed by atoms with Gasteiger partial charge < -0.3 is 10.0 Å². The standard InChI is InChI=1S/C12H13FN2O2/c13-10-9(12(16)17)3-4-14-11(10)15-6-7-1-2-8(15)5-7/h3-4,7-8H,1-2,5-6H2,(H,16,17). The lowest BCUT2D eigenvalue weighted by Crippen LogP contribution is -2.33. The van der Waals surface area contributed by atoms with Gasteiger partial charge in [0.15, 0.2) is 11.6 Å². The lowest BCUT2D eigenvalue weighted by molar-refractivity contribution is 0.0691. The number of hydrogen-bond acceptors (Lipinski definition) is 3. The highest BCUT2D eigenvalue weighted by atomic mass is 19.1. The van der Waals surface area contributed by atoms with Gasteiger partial charge in [-0.2, -0.15) is 0 Å². The molecule has 0 amide bonds. The molecule has 5 heteroatoms. The molecule has 3 rings (SSSR count). The minimum absolute atomic E-state index is 0.206. The van der Waals surface area contributed by atoms with Crippen LogP contribution in [0.15, 0.2) is 12.3 Å². The third-order valence-electron chi connectivity index (χ3n) is 3.78. The van der Waals surface area contributed by atoms with Crippen molar-refractivity contribution in [2.45, 2.75) is 25.3 Å². The summed E-state index contributed by atoms with van der Waals surface area (Å²) in [7, 11) is 0. The van der Waals surface area contributed by atoms with Gasteiger partial charge in [0.1, 0.15) is 5.56 Å². The van der Waals surface area contributed by atoms with Crippen LogP contribution in [0.3, 0.4) is 0 Å². The first-order valence-electron chi connectivity index (χ1n) is 5.81. The highest BCUT2D eigenvalue weighted by Gasteiger charge is 2.39. The smallest absolute Gasteiger partial charge is 0.338 e. The molecule has 17 heavy (non-hydrogen) atoms. The zero-order valence-electron chi connectivity index (χ0n) is 9.27. The monoisotopic (exact) mass is 236 g/mol. The summed E-state index contributed by atoms with van der Waals surface area (Å²) in [6.07, 6.45) is 4.71. The lowest BCUT2D eigenvalue weighted by atomic mass is 10.1. The average molecular weight is 236 g/mol. The van der Waals surface area contributed by atoms with E-state index < -0.39 is 11.8 Å². The highest BCUT2D eigenvalue weighted by molar-refractivity contribution is 5.88. The van der Waals surface area contributed by atoms with Crippen LogP contribution in [0.5, 0.6) is 0 Å². The van der Waals surface area contributed by atoms with Crippen molar-refractivity contribution in [1.29, 1.82) is 0 Å². The minimum atomic E-state index is -1.24. The van der Waals surface area contributed by atoms with Gasteiger partial charge in [-0.3, -0.25) is 0 Å². The maximum absolute atomic E-state index is 14.0. The Balaban J connectivity index is 1.98. The van der Waals surface area contributed by atoms with Crippen molar-refractivity contribution in [3.05, 3.63) is 23.6 Å². The predicted octanol–water partition coefficient (Wildman–Crippen LogP) is 1.91. The molecular formula is C12H13FN2O2. The SMILES string of the molecule is O=C(O)c1ccnc(N2CC3CCC2C3)c1F. The number of halogens is 1. The van der Waals surface area contributed by atoms with E-state index in [1.807, 2.05) is 4.90 Å². The number of pyridine rings is 1. The van der Waals surface area contributed by atoms with Crippen molar-refractivity contribution >= 4 is 11.8 Å². The van der Waals surface area contributed by atoms with Gasteiger partial charge in [-0.25, -0.2) is 14.2 Å². The predicted molar refractivity (Wildman–Crippen MR) is 59.6 cm³/mol. The summed E-state index contributed by atoms with van der Waals surface area (Å²) in [4.78, 5) is 16.8. The average Bonchev–Trinajstić information content (AvgIpc) is 2.90. The van der Waals surface area contributed by atoms with Crippen LogP contribution in [-0.2, 0) is 0 Å². The van der Waals surface area contributed by atoms with Crippen molar-refractivity contribution in [2.75, 3.05) is 11.4 Å². The molecule has 1 saturated carbocycles. The summed E-state index contributed by atoms with van der Waals surface area (Å²) >= 11 is 0. The molecule has 2 bridgehead atoms. The van der Waals surface area contributed by atoms with E-state index in [-0.39, 0.29) is 11.4 Å². The summed E-state index contributed by atoms with van der Waals surface area (Å²) in [6.45, 7) is 0.803. The van der Waals surface area contributed by atoms with Gasteiger partial charge in [-0.15, -0.1) is 0 Å². The number of piperidine rings is 1. The molecule has 2 heterocycles. The first-order chi connectivity index (χ1) is 8.16. The van der Waals surface area contributed by atoms with Gasteiger partial charge in [0.05, 0.1) is 0 Å². The second-order valence-corrected chi connectivity index (χ2v) is 4.79. The molecule has 0 spiro atoms. The molecule has 2 atom stereocenters. The summed E-state index contributed by atoms with van der Waals surface area (Å²) < 4.78 is 14.0. The summed E-state index contributed by atoms with van der Waals surface area (Å²) in [5, 5.41) is 8.88. The number of nitrogens with zero attached hydrogens (tertiary/aromatic N) is 2. The van der Waals surface area contributed by atoms with Gasteiger partial charge in [0, 0.05) is 18.8 Å². The lowest BCUT2D eigenvalue weighted by Gasteiger charge is -2.28. The first-order valence-corrected chi connectivity index (χ1v) is 5.81. The molecule has 1 aliphatic heterocycles. The third kappa shape index (κ3) is 1.57. The fourth-order valence-electron chi connectivity index (χ4n) is 2.98. The molecule has 0 aromatic carbocycles. The molecule has 1 aromatic rings. The normalized spacial score (nSPS) is 26.5. The van der Waals surface area contributed by atoms with E-state index in [0.29, 0.717) is 12.0 Å². The molecule has 2 unspecified atom stereocenters. The Labute approximate surface area is 98.1 Å². The van der Waals surface area contributed by atoms with Crippen LogP contribution in [0.25, 0.3) is 0 Å². The Morgan fingerprint density at radius 2 is 2.35 bits per heavy atom. The second kappa shape index (κ2) is 3.68. The Kier molecular flexibility index (Phi) is 2.28. The van der Waals surface area contributed by atoms with Crippen molar-refractivity contribution in [1.82, 2.24) is 4.98 Å². The van der Waals surface area contributed by atoms with E-state index in [4.69, 9.17) is 5.11 Å². The van der Waals surface area contributed by atoms with E-state index in [1.54, 1.807) is 0 Å². The van der Waals surface area contributed by atoms with Crippen molar-refractivity contribution in [3.63, 3.8) is 0 Å². The number of hydrogen-bond donors (Lipinski definition) is 1. The Bertz CT molecular complexity index is 478. The first kappa shape index (κ1) is 10.5. The molecule has 4 nitrogen and oxygen atoms in total. The Morgan fingerprint density at radius 1 is 1.53 bits per heavy atom. The molecule has 1 N–H and O–H groups in total. The highest BCUT2D eigenvalue weighted by Crippen LogP contribution is 2.40. The zero-order chi connectivity index (χ0) is 12.0. The molecule has 1 saturated heterocycles. The van der Waals surface area contributed by atoms with Crippen LogP contribution < -0.4 is 4.90 Å². The van der Waals surface area contributed by atoms with Crippen molar-refractivity contribution in [2.24, 2.45) is 5.92 Å². The molecule has 2 fully saturated rings. The number of carboxylic acid groups (broad SMARTS) is 1. The van der Waals surface area contributed by atoms with Crippen LogP contribution in [0.2, 0.25) is 0 Å². The van der Waals surface area contributed by atoms with Gasteiger partial charge in [-0.05, 0) is 31.2 Å². The number of fused-ring (bicyclic) bond motifs is 2. The van der Waals surface area contributed by atoms with Crippen molar-refractivity contribution in [3.8, 4) is 0 Å². The van der Waals surface area contributed by atoms with Crippen LogP contribution in [0.4, 0.5) is 10.2 Å². The molecule has 1 aromatic heterocycles. The van der Waals surface area contributed by atoms with Crippen LogP contribution >= 0.6 is 0 Å². The number of aromatic carboxylic acids is 1. The van der Waals surface area contributed by atoms with E-state index in [9.17, 15) is 9.18 Å². The Hall–Kier alpha value is -1.65. The molecule has 2 aliphatic rings. The van der Waals surface area contributed by atoms with E-state index in [2.05, 4.69) is 4.98 Å². The van der Waals surface area contributed by atoms with Crippen LogP contribution in [0, 0.1) is 11.7 Å². The quantitative estimate of drug-likeness (QED) is 0.852. The molecule has 0 radical (unpaired) electrons. The summed E-state index contributed by atoms with van der Waals surface area (Å²) in [6, 6.07) is 1.54. The third-order valence-corrected chi connectivity index (χ3v) is 3.78. The number of anilines is 1. The largest absolute Gasteiger partial charge is 0.478 e.